The highest BCUT2D eigenvalue weighted by molar-refractivity contribution is 5.85. The van der Waals surface area contributed by atoms with Gasteiger partial charge in [-0.3, -0.25) is 4.98 Å². The Hall–Kier alpha value is -2.43. The molecule has 0 saturated heterocycles. The van der Waals surface area contributed by atoms with Crippen molar-refractivity contribution in [1.82, 2.24) is 9.97 Å². The number of hydrogen-bond acceptors (Lipinski definition) is 4. The van der Waals surface area contributed by atoms with Crippen LogP contribution in [0.3, 0.4) is 0 Å². The maximum absolute atomic E-state index is 10.7. The van der Waals surface area contributed by atoms with Gasteiger partial charge in [-0.2, -0.15) is 0 Å². The van der Waals surface area contributed by atoms with Crippen molar-refractivity contribution in [2.75, 3.05) is 0 Å². The number of rotatable bonds is 3. The first-order valence-electron chi connectivity index (χ1n) is 4.95. The molecule has 0 bridgehead atoms. The van der Waals surface area contributed by atoms with E-state index >= 15 is 0 Å². The van der Waals surface area contributed by atoms with Crippen molar-refractivity contribution < 1.29 is 14.6 Å². The van der Waals surface area contributed by atoms with E-state index in [4.69, 9.17) is 9.84 Å². The molecule has 2 heterocycles. The van der Waals surface area contributed by atoms with Gasteiger partial charge in [-0.05, 0) is 25.1 Å². The average Bonchev–Trinajstić information content (AvgIpc) is 2.32. The first kappa shape index (κ1) is 11.1. The van der Waals surface area contributed by atoms with Crippen LogP contribution in [-0.2, 0) is 0 Å². The van der Waals surface area contributed by atoms with Crippen molar-refractivity contribution in [3.05, 3.63) is 48.0 Å². The van der Waals surface area contributed by atoms with Crippen LogP contribution in [0.2, 0.25) is 0 Å². The van der Waals surface area contributed by atoms with Crippen molar-refractivity contribution in [2.24, 2.45) is 0 Å². The lowest BCUT2D eigenvalue weighted by atomic mass is 10.3. The Kier molecular flexibility index (Phi) is 3.00. The SMILES string of the molecule is Cc1ncccc1Oc1ccnc(C(=O)O)c1. The maximum atomic E-state index is 10.7. The molecule has 0 aromatic carbocycles. The van der Waals surface area contributed by atoms with Gasteiger partial charge in [-0.25, -0.2) is 9.78 Å². The van der Waals surface area contributed by atoms with E-state index < -0.39 is 5.97 Å². The van der Waals surface area contributed by atoms with E-state index in [0.717, 1.165) is 5.69 Å². The summed E-state index contributed by atoms with van der Waals surface area (Å²) in [5, 5.41) is 8.80. The van der Waals surface area contributed by atoms with E-state index in [2.05, 4.69) is 9.97 Å². The first-order valence-corrected chi connectivity index (χ1v) is 4.95. The van der Waals surface area contributed by atoms with Crippen molar-refractivity contribution in [3.8, 4) is 11.5 Å². The Labute approximate surface area is 97.7 Å². The van der Waals surface area contributed by atoms with Crippen LogP contribution in [0.5, 0.6) is 11.5 Å². The fraction of sp³-hybridized carbons (Fsp3) is 0.0833. The lowest BCUT2D eigenvalue weighted by Gasteiger charge is -2.07. The third-order valence-electron chi connectivity index (χ3n) is 2.14. The molecule has 2 rings (SSSR count). The van der Waals surface area contributed by atoms with Crippen molar-refractivity contribution in [1.29, 1.82) is 0 Å². The van der Waals surface area contributed by atoms with Crippen LogP contribution in [0.15, 0.2) is 36.7 Å². The van der Waals surface area contributed by atoms with Gasteiger partial charge in [0.15, 0.2) is 5.69 Å². The molecule has 0 radical (unpaired) electrons. The molecule has 0 fully saturated rings. The summed E-state index contributed by atoms with van der Waals surface area (Å²) >= 11 is 0. The Morgan fingerprint density at radius 1 is 1.29 bits per heavy atom. The van der Waals surface area contributed by atoms with Gasteiger partial charge in [0.2, 0.25) is 0 Å². The van der Waals surface area contributed by atoms with Crippen LogP contribution in [-0.4, -0.2) is 21.0 Å². The third kappa shape index (κ3) is 2.57. The molecule has 86 valence electrons. The standard InChI is InChI=1S/C12H10N2O3/c1-8-11(3-2-5-13-8)17-9-4-6-14-10(7-9)12(15)16/h2-7H,1H3,(H,15,16). The van der Waals surface area contributed by atoms with E-state index in [1.165, 1.54) is 12.3 Å². The molecular weight excluding hydrogens is 220 g/mol. The Morgan fingerprint density at radius 2 is 2.12 bits per heavy atom. The summed E-state index contributed by atoms with van der Waals surface area (Å²) in [5.41, 5.74) is 0.685. The summed E-state index contributed by atoms with van der Waals surface area (Å²) < 4.78 is 5.53. The molecule has 0 spiro atoms. The minimum Gasteiger partial charge on any atom is -0.477 e. The molecule has 2 aromatic rings. The van der Waals surface area contributed by atoms with Gasteiger partial charge in [-0.15, -0.1) is 0 Å². The zero-order chi connectivity index (χ0) is 12.3. The van der Waals surface area contributed by atoms with Crippen LogP contribution < -0.4 is 4.74 Å². The van der Waals surface area contributed by atoms with E-state index in [1.807, 2.05) is 6.92 Å². The topological polar surface area (TPSA) is 72.3 Å². The molecule has 0 aliphatic carbocycles. The second-order valence-corrected chi connectivity index (χ2v) is 3.37. The molecule has 0 saturated carbocycles. The van der Waals surface area contributed by atoms with Crippen LogP contribution in [0.1, 0.15) is 16.2 Å². The van der Waals surface area contributed by atoms with Crippen molar-refractivity contribution in [3.63, 3.8) is 0 Å². The summed E-state index contributed by atoms with van der Waals surface area (Å²) in [6.45, 7) is 1.81. The van der Waals surface area contributed by atoms with Crippen LogP contribution in [0.4, 0.5) is 0 Å². The molecule has 0 unspecified atom stereocenters. The molecule has 17 heavy (non-hydrogen) atoms. The Morgan fingerprint density at radius 3 is 2.82 bits per heavy atom. The second kappa shape index (κ2) is 4.61. The number of nitrogens with zero attached hydrogens (tertiary/aromatic N) is 2. The molecule has 0 amide bonds. The fourth-order valence-electron chi connectivity index (χ4n) is 1.30. The Balaban J connectivity index is 2.28. The normalized spacial score (nSPS) is 9.94. The highest BCUT2D eigenvalue weighted by Crippen LogP contribution is 2.23. The van der Waals surface area contributed by atoms with E-state index in [-0.39, 0.29) is 5.69 Å². The Bertz CT molecular complexity index is 555. The largest absolute Gasteiger partial charge is 0.477 e. The summed E-state index contributed by atoms with van der Waals surface area (Å²) in [6, 6.07) is 6.48. The smallest absolute Gasteiger partial charge is 0.354 e. The third-order valence-corrected chi connectivity index (χ3v) is 2.14. The molecule has 1 N–H and O–H groups in total. The average molecular weight is 230 g/mol. The van der Waals surface area contributed by atoms with Gasteiger partial charge in [0.1, 0.15) is 11.5 Å². The molecule has 0 aliphatic rings. The number of carboxylic acids is 1. The summed E-state index contributed by atoms with van der Waals surface area (Å²) in [5.74, 6) is -0.0677. The fourth-order valence-corrected chi connectivity index (χ4v) is 1.30. The summed E-state index contributed by atoms with van der Waals surface area (Å²) in [4.78, 5) is 18.5. The van der Waals surface area contributed by atoms with Gasteiger partial charge in [0.25, 0.3) is 0 Å². The number of pyridine rings is 2. The molecule has 0 atom stereocenters. The van der Waals surface area contributed by atoms with E-state index in [1.54, 1.807) is 24.4 Å². The lowest BCUT2D eigenvalue weighted by Crippen LogP contribution is -2.00. The summed E-state index contributed by atoms with van der Waals surface area (Å²) in [7, 11) is 0. The minimum absolute atomic E-state index is 0.0518. The monoisotopic (exact) mass is 230 g/mol. The number of aromatic carboxylic acids is 1. The van der Waals surface area contributed by atoms with Gasteiger partial charge < -0.3 is 9.84 Å². The lowest BCUT2D eigenvalue weighted by molar-refractivity contribution is 0.0690. The molecule has 2 aromatic heterocycles. The predicted molar refractivity (Wildman–Crippen MR) is 60.2 cm³/mol. The quantitative estimate of drug-likeness (QED) is 0.875. The molecule has 5 heteroatoms. The molecule has 0 aliphatic heterocycles. The first-order chi connectivity index (χ1) is 8.16. The van der Waals surface area contributed by atoms with Gasteiger partial charge >= 0.3 is 5.97 Å². The number of ether oxygens (including phenoxy) is 1. The number of carboxylic acid groups (broad SMARTS) is 1. The molecule has 5 nitrogen and oxygen atoms in total. The van der Waals surface area contributed by atoms with Crippen LogP contribution in [0.25, 0.3) is 0 Å². The second-order valence-electron chi connectivity index (χ2n) is 3.37. The van der Waals surface area contributed by atoms with Gasteiger partial charge in [-0.1, -0.05) is 0 Å². The van der Waals surface area contributed by atoms with Gasteiger partial charge in [0, 0.05) is 18.5 Å². The predicted octanol–water partition coefficient (Wildman–Crippen LogP) is 2.28. The number of aryl methyl sites for hydroxylation is 1. The zero-order valence-corrected chi connectivity index (χ0v) is 9.12. The molecular formula is C12H10N2O3. The highest BCUT2D eigenvalue weighted by atomic mass is 16.5. The number of hydrogen-bond donors (Lipinski definition) is 1. The van der Waals surface area contributed by atoms with E-state index in [9.17, 15) is 4.79 Å². The van der Waals surface area contributed by atoms with Crippen molar-refractivity contribution in [2.45, 2.75) is 6.92 Å². The maximum Gasteiger partial charge on any atom is 0.354 e. The summed E-state index contributed by atoms with van der Waals surface area (Å²) in [6.07, 6.45) is 3.06. The van der Waals surface area contributed by atoms with Crippen molar-refractivity contribution >= 4 is 5.97 Å². The van der Waals surface area contributed by atoms with E-state index in [0.29, 0.717) is 11.5 Å². The highest BCUT2D eigenvalue weighted by Gasteiger charge is 2.07. The van der Waals surface area contributed by atoms with Crippen LogP contribution in [0, 0.1) is 6.92 Å². The van der Waals surface area contributed by atoms with Crippen LogP contribution >= 0.6 is 0 Å². The zero-order valence-electron chi connectivity index (χ0n) is 9.12. The minimum atomic E-state index is -1.08. The number of aromatic nitrogens is 2. The number of carbonyl (C=O) groups is 1. The van der Waals surface area contributed by atoms with Gasteiger partial charge in [0.05, 0.1) is 5.69 Å².